The molecule has 17 heavy (non-hydrogen) atoms. The van der Waals surface area contributed by atoms with E-state index < -0.39 is 0 Å². The van der Waals surface area contributed by atoms with Crippen LogP contribution in [0, 0.1) is 5.92 Å². The maximum Gasteiger partial charge on any atom is 0.102 e. The van der Waals surface area contributed by atoms with Crippen molar-refractivity contribution in [1.82, 2.24) is 10.2 Å². The van der Waals surface area contributed by atoms with Crippen LogP contribution in [0.4, 0.5) is 4.39 Å². The molecular weight excluding hydrogens is 215 g/mol. The van der Waals surface area contributed by atoms with Gasteiger partial charge in [0.25, 0.3) is 0 Å². The number of hydrogen-bond acceptors (Lipinski definition) is 2. The van der Waals surface area contributed by atoms with Crippen molar-refractivity contribution in [1.29, 1.82) is 0 Å². The number of alkyl halides is 1. The number of nitrogens with one attached hydrogen (secondary N) is 1. The zero-order chi connectivity index (χ0) is 12.9. The largest absolute Gasteiger partial charge is 0.308 e. The first-order valence-electron chi connectivity index (χ1n) is 7.12. The van der Waals surface area contributed by atoms with Crippen molar-refractivity contribution in [3.63, 3.8) is 0 Å². The molecule has 1 aliphatic heterocycles. The summed E-state index contributed by atoms with van der Waals surface area (Å²) in [6.07, 6.45) is 3.41. The van der Waals surface area contributed by atoms with Crippen molar-refractivity contribution in [3.05, 3.63) is 0 Å². The third-order valence-corrected chi connectivity index (χ3v) is 4.20. The minimum Gasteiger partial charge on any atom is -0.308 e. The van der Waals surface area contributed by atoms with E-state index in [1.54, 1.807) is 0 Å². The van der Waals surface area contributed by atoms with E-state index in [0.717, 1.165) is 32.4 Å². The molecule has 1 fully saturated rings. The van der Waals surface area contributed by atoms with Crippen LogP contribution >= 0.6 is 0 Å². The van der Waals surface area contributed by atoms with Gasteiger partial charge in [-0.2, -0.15) is 0 Å². The van der Waals surface area contributed by atoms with Gasteiger partial charge in [0.1, 0.15) is 6.67 Å². The maximum atomic E-state index is 12.7. The van der Waals surface area contributed by atoms with E-state index in [1.165, 1.54) is 0 Å². The monoisotopic (exact) mass is 244 g/mol. The van der Waals surface area contributed by atoms with Gasteiger partial charge in [-0.05, 0) is 25.2 Å². The lowest BCUT2D eigenvalue weighted by molar-refractivity contribution is 0.0576. The highest BCUT2D eigenvalue weighted by atomic mass is 19.1. The maximum absolute atomic E-state index is 12.7. The summed E-state index contributed by atoms with van der Waals surface area (Å²) in [6, 6.07) is 0.511. The van der Waals surface area contributed by atoms with Crippen LogP contribution in [0.5, 0.6) is 0 Å². The molecule has 1 heterocycles. The molecule has 0 aromatic rings. The third kappa shape index (κ3) is 3.92. The van der Waals surface area contributed by atoms with Crippen molar-refractivity contribution in [2.45, 2.75) is 58.5 Å². The van der Waals surface area contributed by atoms with Gasteiger partial charge in [-0.25, -0.2) is 4.39 Å². The van der Waals surface area contributed by atoms with E-state index >= 15 is 0 Å². The minimum atomic E-state index is -0.224. The standard InChI is InChI=1S/C14H29FN2/c1-5-14(6-2)11-17(8-7-15)13(10-16-14)9-12(3)4/h12-13,16H,5-11H2,1-4H3. The fourth-order valence-corrected chi connectivity index (χ4v) is 2.91. The summed E-state index contributed by atoms with van der Waals surface area (Å²) in [5.74, 6) is 0.680. The summed E-state index contributed by atoms with van der Waals surface area (Å²) in [4.78, 5) is 2.36. The van der Waals surface area contributed by atoms with Crippen molar-refractivity contribution in [3.8, 4) is 0 Å². The van der Waals surface area contributed by atoms with E-state index in [2.05, 4.69) is 37.9 Å². The van der Waals surface area contributed by atoms with Gasteiger partial charge in [0.05, 0.1) is 0 Å². The minimum absolute atomic E-state index is 0.211. The Labute approximate surface area is 106 Å². The van der Waals surface area contributed by atoms with E-state index in [1.807, 2.05) is 0 Å². The fraction of sp³-hybridized carbons (Fsp3) is 1.00. The summed E-state index contributed by atoms with van der Waals surface area (Å²) in [5, 5.41) is 3.71. The third-order valence-electron chi connectivity index (χ3n) is 4.20. The molecule has 0 radical (unpaired) electrons. The molecule has 1 saturated heterocycles. The molecule has 0 bridgehead atoms. The van der Waals surface area contributed by atoms with Crippen molar-refractivity contribution >= 4 is 0 Å². The lowest BCUT2D eigenvalue weighted by Gasteiger charge is -2.47. The predicted octanol–water partition coefficient (Wildman–Crippen LogP) is 2.83. The Morgan fingerprint density at radius 3 is 2.47 bits per heavy atom. The smallest absolute Gasteiger partial charge is 0.102 e. The number of halogens is 1. The molecule has 0 aliphatic carbocycles. The summed E-state index contributed by atoms with van der Waals surface area (Å²) >= 11 is 0. The molecule has 0 spiro atoms. The number of piperazine rings is 1. The molecular formula is C14H29FN2. The first-order chi connectivity index (χ1) is 8.06. The molecule has 1 aliphatic rings. The first-order valence-corrected chi connectivity index (χ1v) is 7.12. The van der Waals surface area contributed by atoms with Gasteiger partial charge in [0.2, 0.25) is 0 Å². The van der Waals surface area contributed by atoms with Crippen molar-refractivity contribution in [2.75, 3.05) is 26.3 Å². The van der Waals surface area contributed by atoms with Crippen LogP contribution in [0.15, 0.2) is 0 Å². The Bertz CT molecular complexity index is 214. The van der Waals surface area contributed by atoms with Gasteiger partial charge in [-0.3, -0.25) is 4.90 Å². The summed E-state index contributed by atoms with van der Waals surface area (Å²) < 4.78 is 12.7. The van der Waals surface area contributed by atoms with Gasteiger partial charge in [0, 0.05) is 31.2 Å². The van der Waals surface area contributed by atoms with Crippen LogP contribution in [-0.2, 0) is 0 Å². The molecule has 1 N–H and O–H groups in total. The van der Waals surface area contributed by atoms with Crippen LogP contribution in [0.3, 0.4) is 0 Å². The molecule has 102 valence electrons. The first kappa shape index (κ1) is 14.9. The molecule has 1 unspecified atom stereocenters. The van der Waals surface area contributed by atoms with Crippen LogP contribution in [0.2, 0.25) is 0 Å². The van der Waals surface area contributed by atoms with Gasteiger partial charge in [-0.15, -0.1) is 0 Å². The number of hydrogen-bond donors (Lipinski definition) is 1. The Balaban J connectivity index is 2.66. The normalized spacial score (nSPS) is 25.4. The molecule has 0 amide bonds. The second-order valence-electron chi connectivity index (χ2n) is 5.81. The fourth-order valence-electron chi connectivity index (χ4n) is 2.91. The number of rotatable bonds is 6. The number of nitrogens with zero attached hydrogens (tertiary/aromatic N) is 1. The topological polar surface area (TPSA) is 15.3 Å². The van der Waals surface area contributed by atoms with Crippen molar-refractivity contribution in [2.24, 2.45) is 5.92 Å². The molecule has 0 aromatic heterocycles. The van der Waals surface area contributed by atoms with E-state index in [4.69, 9.17) is 0 Å². The summed E-state index contributed by atoms with van der Waals surface area (Å²) in [6.45, 7) is 11.3. The highest BCUT2D eigenvalue weighted by Gasteiger charge is 2.36. The lowest BCUT2D eigenvalue weighted by Crippen LogP contribution is -2.64. The van der Waals surface area contributed by atoms with Gasteiger partial charge in [0.15, 0.2) is 0 Å². The average Bonchev–Trinajstić information content (AvgIpc) is 2.31. The molecule has 0 aromatic carbocycles. The van der Waals surface area contributed by atoms with Gasteiger partial charge in [-0.1, -0.05) is 27.7 Å². The van der Waals surface area contributed by atoms with Crippen LogP contribution < -0.4 is 5.32 Å². The van der Waals surface area contributed by atoms with Gasteiger partial charge < -0.3 is 5.32 Å². The lowest BCUT2D eigenvalue weighted by atomic mass is 9.87. The van der Waals surface area contributed by atoms with E-state index in [-0.39, 0.29) is 12.2 Å². The molecule has 1 atom stereocenters. The predicted molar refractivity (Wildman–Crippen MR) is 72.1 cm³/mol. The Hall–Kier alpha value is -0.150. The zero-order valence-electron chi connectivity index (χ0n) is 11.9. The van der Waals surface area contributed by atoms with E-state index in [9.17, 15) is 4.39 Å². The Morgan fingerprint density at radius 1 is 1.35 bits per heavy atom. The van der Waals surface area contributed by atoms with Crippen LogP contribution in [0.25, 0.3) is 0 Å². The Kier molecular flexibility index (Phi) is 5.87. The van der Waals surface area contributed by atoms with E-state index in [0.29, 0.717) is 18.5 Å². The second-order valence-corrected chi connectivity index (χ2v) is 5.81. The van der Waals surface area contributed by atoms with Crippen molar-refractivity contribution < 1.29 is 4.39 Å². The molecule has 0 saturated carbocycles. The highest BCUT2D eigenvalue weighted by molar-refractivity contribution is 4.96. The zero-order valence-corrected chi connectivity index (χ0v) is 11.9. The van der Waals surface area contributed by atoms with Gasteiger partial charge >= 0.3 is 0 Å². The highest BCUT2D eigenvalue weighted by Crippen LogP contribution is 2.25. The van der Waals surface area contributed by atoms with Crippen LogP contribution in [0.1, 0.15) is 47.0 Å². The SMILES string of the molecule is CCC1(CC)CN(CCF)C(CC(C)C)CN1. The second kappa shape index (κ2) is 6.69. The molecule has 2 nitrogen and oxygen atoms in total. The average molecular weight is 244 g/mol. The summed E-state index contributed by atoms with van der Waals surface area (Å²) in [5.41, 5.74) is 0.211. The Morgan fingerprint density at radius 2 is 2.00 bits per heavy atom. The van der Waals surface area contributed by atoms with Crippen LogP contribution in [-0.4, -0.2) is 42.8 Å². The molecule has 1 rings (SSSR count). The quantitative estimate of drug-likeness (QED) is 0.773. The summed E-state index contributed by atoms with van der Waals surface area (Å²) in [7, 11) is 0. The molecule has 3 heteroatoms.